The molecule has 2 rings (SSSR count). The summed E-state index contributed by atoms with van der Waals surface area (Å²) < 4.78 is 31.6. The van der Waals surface area contributed by atoms with E-state index in [4.69, 9.17) is 16.3 Å². The Morgan fingerprint density at radius 1 is 1.03 bits per heavy atom. The highest BCUT2D eigenvalue weighted by atomic mass is 35.5. The Bertz CT molecular complexity index is 1010. The summed E-state index contributed by atoms with van der Waals surface area (Å²) in [5, 5.41) is 0.330. The molecule has 0 fully saturated rings. The zero-order valence-electron chi connectivity index (χ0n) is 16.2. The van der Waals surface area contributed by atoms with E-state index in [2.05, 4.69) is 10.9 Å². The van der Waals surface area contributed by atoms with Crippen molar-refractivity contribution in [2.24, 2.45) is 0 Å². The summed E-state index contributed by atoms with van der Waals surface area (Å²) in [7, 11) is -2.31. The van der Waals surface area contributed by atoms with Crippen LogP contribution in [0.2, 0.25) is 5.02 Å². The lowest BCUT2D eigenvalue weighted by atomic mass is 10.2. The summed E-state index contributed by atoms with van der Waals surface area (Å²) in [5.74, 6) is -1.02. The Kier molecular flexibility index (Phi) is 7.60. The molecule has 2 aromatic rings. The smallest absolute Gasteiger partial charge is 0.273 e. The molecule has 0 saturated heterocycles. The molecule has 0 aliphatic rings. The van der Waals surface area contributed by atoms with Gasteiger partial charge in [0, 0.05) is 23.7 Å². The average molecular weight is 440 g/mol. The monoisotopic (exact) mass is 439 g/mol. The van der Waals surface area contributed by atoms with E-state index in [0.29, 0.717) is 18.1 Å². The van der Waals surface area contributed by atoms with Crippen LogP contribution >= 0.6 is 11.6 Å². The van der Waals surface area contributed by atoms with E-state index in [1.54, 1.807) is 19.9 Å². The van der Waals surface area contributed by atoms with Crippen LogP contribution in [0.1, 0.15) is 34.6 Å². The predicted molar refractivity (Wildman–Crippen MR) is 109 cm³/mol. The SMILES string of the molecule is CCN(CC)S(=O)(=O)c1cccc(C(=O)NNC(=O)c2cc(Cl)ccc2OC)c1. The van der Waals surface area contributed by atoms with Crippen LogP contribution in [0.5, 0.6) is 5.75 Å². The molecule has 0 bridgehead atoms. The molecule has 0 atom stereocenters. The molecular formula is C19H22ClN3O5S. The van der Waals surface area contributed by atoms with Gasteiger partial charge in [-0.05, 0) is 36.4 Å². The van der Waals surface area contributed by atoms with Gasteiger partial charge in [0.25, 0.3) is 11.8 Å². The Morgan fingerprint density at radius 3 is 2.31 bits per heavy atom. The number of hydrogen-bond acceptors (Lipinski definition) is 5. The second-order valence-corrected chi connectivity index (χ2v) is 8.24. The van der Waals surface area contributed by atoms with E-state index < -0.39 is 21.8 Å². The zero-order chi connectivity index (χ0) is 21.6. The van der Waals surface area contributed by atoms with Gasteiger partial charge in [0.05, 0.1) is 17.6 Å². The molecule has 8 nitrogen and oxygen atoms in total. The highest BCUT2D eigenvalue weighted by Gasteiger charge is 2.22. The largest absolute Gasteiger partial charge is 0.496 e. The Balaban J connectivity index is 2.16. The fourth-order valence-electron chi connectivity index (χ4n) is 2.62. The number of nitrogens with one attached hydrogen (secondary N) is 2. The van der Waals surface area contributed by atoms with Crippen molar-refractivity contribution in [3.8, 4) is 5.75 Å². The maximum atomic E-state index is 12.6. The van der Waals surface area contributed by atoms with Crippen LogP contribution in [0.25, 0.3) is 0 Å². The lowest BCUT2D eigenvalue weighted by Crippen LogP contribution is -2.41. The number of carbonyl (C=O) groups excluding carboxylic acids is 2. The van der Waals surface area contributed by atoms with Crippen molar-refractivity contribution in [3.05, 3.63) is 58.6 Å². The van der Waals surface area contributed by atoms with E-state index in [1.165, 1.54) is 47.8 Å². The molecule has 156 valence electrons. The van der Waals surface area contributed by atoms with Crippen molar-refractivity contribution in [2.45, 2.75) is 18.7 Å². The Labute approximate surface area is 174 Å². The second kappa shape index (κ2) is 9.73. The average Bonchev–Trinajstić information content (AvgIpc) is 2.72. The number of ether oxygens (including phenoxy) is 1. The third-order valence-corrected chi connectivity index (χ3v) is 6.42. The zero-order valence-corrected chi connectivity index (χ0v) is 17.8. The van der Waals surface area contributed by atoms with Crippen LogP contribution < -0.4 is 15.6 Å². The number of halogens is 1. The van der Waals surface area contributed by atoms with Crippen molar-refractivity contribution >= 4 is 33.4 Å². The highest BCUT2D eigenvalue weighted by molar-refractivity contribution is 7.89. The van der Waals surface area contributed by atoms with E-state index in [1.807, 2.05) is 0 Å². The van der Waals surface area contributed by atoms with Crippen LogP contribution in [0.15, 0.2) is 47.4 Å². The Morgan fingerprint density at radius 2 is 1.69 bits per heavy atom. The first-order valence-corrected chi connectivity index (χ1v) is 10.6. The molecule has 0 spiro atoms. The van der Waals surface area contributed by atoms with Gasteiger partial charge in [-0.15, -0.1) is 0 Å². The van der Waals surface area contributed by atoms with Gasteiger partial charge in [0.15, 0.2) is 0 Å². The standard InChI is InChI=1S/C19H22ClN3O5S/c1-4-23(5-2)29(26,27)15-8-6-7-13(11-15)18(24)21-22-19(25)16-12-14(20)9-10-17(16)28-3/h6-12H,4-5H2,1-3H3,(H,21,24)(H,22,25). The molecule has 0 unspecified atom stereocenters. The minimum Gasteiger partial charge on any atom is -0.496 e. The quantitative estimate of drug-likeness (QED) is 0.645. The molecule has 2 amide bonds. The maximum Gasteiger partial charge on any atom is 0.273 e. The van der Waals surface area contributed by atoms with Gasteiger partial charge in [-0.25, -0.2) is 8.42 Å². The molecule has 29 heavy (non-hydrogen) atoms. The first-order valence-electron chi connectivity index (χ1n) is 8.79. The molecule has 10 heteroatoms. The van der Waals surface area contributed by atoms with Gasteiger partial charge in [0.2, 0.25) is 10.0 Å². The summed E-state index contributed by atoms with van der Waals surface area (Å²) in [5.41, 5.74) is 4.74. The minimum atomic E-state index is -3.71. The number of methoxy groups -OCH3 is 1. The number of hydrazine groups is 1. The summed E-state index contributed by atoms with van der Waals surface area (Å²) in [4.78, 5) is 24.7. The number of benzene rings is 2. The van der Waals surface area contributed by atoms with Gasteiger partial charge in [0.1, 0.15) is 5.75 Å². The van der Waals surface area contributed by atoms with Gasteiger partial charge in [-0.1, -0.05) is 31.5 Å². The summed E-state index contributed by atoms with van der Waals surface area (Å²) in [6.45, 7) is 4.09. The molecule has 2 aromatic carbocycles. The first-order chi connectivity index (χ1) is 13.7. The van der Waals surface area contributed by atoms with Gasteiger partial charge >= 0.3 is 0 Å². The van der Waals surface area contributed by atoms with Crippen molar-refractivity contribution in [2.75, 3.05) is 20.2 Å². The van der Waals surface area contributed by atoms with E-state index in [-0.39, 0.29) is 21.8 Å². The first kappa shape index (κ1) is 22.7. The van der Waals surface area contributed by atoms with Gasteiger partial charge in [-0.3, -0.25) is 20.4 Å². The molecular weight excluding hydrogens is 418 g/mol. The molecule has 0 saturated carbocycles. The second-order valence-electron chi connectivity index (χ2n) is 5.87. The van der Waals surface area contributed by atoms with Gasteiger partial charge < -0.3 is 4.74 Å². The fourth-order valence-corrected chi connectivity index (χ4v) is 4.30. The minimum absolute atomic E-state index is 0.00307. The van der Waals surface area contributed by atoms with Crippen molar-refractivity contribution < 1.29 is 22.7 Å². The lowest BCUT2D eigenvalue weighted by Gasteiger charge is -2.18. The number of rotatable bonds is 7. The number of carbonyl (C=O) groups is 2. The van der Waals surface area contributed by atoms with Crippen LogP contribution in [0.3, 0.4) is 0 Å². The third kappa shape index (κ3) is 5.26. The number of sulfonamides is 1. The maximum absolute atomic E-state index is 12.6. The van der Waals surface area contributed by atoms with Gasteiger partial charge in [-0.2, -0.15) is 4.31 Å². The number of amides is 2. The fraction of sp³-hybridized carbons (Fsp3) is 0.263. The normalized spacial score (nSPS) is 11.2. The summed E-state index contributed by atoms with van der Waals surface area (Å²) in [6.07, 6.45) is 0. The Hall–Kier alpha value is -2.62. The van der Waals surface area contributed by atoms with Crippen LogP contribution in [-0.4, -0.2) is 44.7 Å². The van der Waals surface area contributed by atoms with Crippen LogP contribution in [-0.2, 0) is 10.0 Å². The van der Waals surface area contributed by atoms with Crippen LogP contribution in [0, 0.1) is 0 Å². The van der Waals surface area contributed by atoms with Crippen molar-refractivity contribution in [3.63, 3.8) is 0 Å². The van der Waals surface area contributed by atoms with Crippen LogP contribution in [0.4, 0.5) is 0 Å². The van der Waals surface area contributed by atoms with E-state index in [9.17, 15) is 18.0 Å². The molecule has 2 N–H and O–H groups in total. The lowest BCUT2D eigenvalue weighted by molar-refractivity contribution is 0.0845. The topological polar surface area (TPSA) is 105 Å². The predicted octanol–water partition coefficient (Wildman–Crippen LogP) is 2.45. The number of hydrogen-bond donors (Lipinski definition) is 2. The highest BCUT2D eigenvalue weighted by Crippen LogP contribution is 2.22. The van der Waals surface area contributed by atoms with E-state index in [0.717, 1.165) is 0 Å². The third-order valence-electron chi connectivity index (χ3n) is 4.14. The molecule has 0 aliphatic heterocycles. The van der Waals surface area contributed by atoms with Crippen molar-refractivity contribution in [1.29, 1.82) is 0 Å². The van der Waals surface area contributed by atoms with E-state index >= 15 is 0 Å². The molecule has 0 radical (unpaired) electrons. The summed E-state index contributed by atoms with van der Waals surface area (Å²) in [6, 6.07) is 10.1. The van der Waals surface area contributed by atoms with Crippen molar-refractivity contribution in [1.82, 2.24) is 15.2 Å². The molecule has 0 aliphatic carbocycles. The molecule has 0 aromatic heterocycles. The number of nitrogens with zero attached hydrogens (tertiary/aromatic N) is 1. The molecule has 0 heterocycles. The summed E-state index contributed by atoms with van der Waals surface area (Å²) >= 11 is 5.90.